The fourth-order valence-electron chi connectivity index (χ4n) is 0.424. The summed E-state index contributed by atoms with van der Waals surface area (Å²) >= 11 is 4.21. The second kappa shape index (κ2) is 4.36. The topological polar surface area (TPSA) is 9.23 Å². The van der Waals surface area contributed by atoms with Crippen LogP contribution in [0.3, 0.4) is 0 Å². The molecule has 0 radical (unpaired) electrons. The third-order valence-corrected chi connectivity index (χ3v) is 5.11. The molecule has 0 aromatic carbocycles. The Labute approximate surface area is 64.3 Å². The fraction of sp³-hybridized carbons (Fsp3) is 1.00. The highest BCUT2D eigenvalue weighted by Gasteiger charge is 2.18. The lowest BCUT2D eigenvalue weighted by atomic mass is 10.5. The summed E-state index contributed by atoms with van der Waals surface area (Å²) < 4.78 is 5.59. The smallest absolute Gasteiger partial charge is 0.196 e. The molecule has 0 aromatic heterocycles. The summed E-state index contributed by atoms with van der Waals surface area (Å²) in [5.74, 6) is 0. The van der Waals surface area contributed by atoms with Gasteiger partial charge in [-0.2, -0.15) is 12.6 Å². The van der Waals surface area contributed by atoms with E-state index in [0.29, 0.717) is 0 Å². The average Bonchev–Trinajstić information content (AvgIpc) is 1.84. The normalized spacial score (nSPS) is 12.0. The van der Waals surface area contributed by atoms with Gasteiger partial charge in [0, 0.05) is 12.0 Å². The van der Waals surface area contributed by atoms with Gasteiger partial charge in [-0.3, -0.25) is 0 Å². The summed E-state index contributed by atoms with van der Waals surface area (Å²) in [7, 11) is -1.33. The highest BCUT2D eigenvalue weighted by Crippen LogP contribution is 2.05. The molecule has 0 spiro atoms. The van der Waals surface area contributed by atoms with Crippen LogP contribution in [-0.2, 0) is 4.43 Å². The summed E-state index contributed by atoms with van der Waals surface area (Å²) in [6, 6.07) is 0. The molecule has 0 atom stereocenters. The van der Waals surface area contributed by atoms with Crippen molar-refractivity contribution in [2.45, 2.75) is 26.4 Å². The molecule has 0 heterocycles. The predicted octanol–water partition coefficient (Wildman–Crippen LogP) is 2.09. The number of thiol groups is 1. The van der Waals surface area contributed by atoms with Crippen molar-refractivity contribution >= 4 is 20.9 Å². The van der Waals surface area contributed by atoms with E-state index in [4.69, 9.17) is 4.43 Å². The molecule has 0 saturated heterocycles. The lowest BCUT2D eigenvalue weighted by molar-refractivity contribution is 0.311. The summed E-state index contributed by atoms with van der Waals surface area (Å²) in [4.78, 5) is 0. The molecule has 9 heavy (non-hydrogen) atoms. The van der Waals surface area contributed by atoms with Crippen molar-refractivity contribution in [1.29, 1.82) is 0 Å². The van der Waals surface area contributed by atoms with Crippen LogP contribution in [0, 0.1) is 0 Å². The predicted molar refractivity (Wildman–Crippen MR) is 47.6 cm³/mol. The van der Waals surface area contributed by atoms with Crippen LogP contribution in [0.15, 0.2) is 0 Å². The van der Waals surface area contributed by atoms with Gasteiger partial charge < -0.3 is 4.43 Å². The lowest BCUT2D eigenvalue weighted by Gasteiger charge is -2.19. The molecule has 0 N–H and O–H groups in total. The van der Waals surface area contributed by atoms with Gasteiger partial charge in [-0.15, -0.1) is 0 Å². The minimum atomic E-state index is -1.33. The van der Waals surface area contributed by atoms with Gasteiger partial charge in [-0.1, -0.05) is 6.92 Å². The number of hydrogen-bond donors (Lipinski definition) is 1. The average molecular weight is 164 g/mol. The standard InChI is InChI=1S/C6H16OSSi/c1-4-5-7-9(2,3)6-8/h8H,4-6H2,1-3H3. The number of rotatable bonds is 4. The molecule has 0 bridgehead atoms. The second-order valence-corrected chi connectivity index (χ2v) is 7.84. The van der Waals surface area contributed by atoms with Crippen molar-refractivity contribution < 1.29 is 4.43 Å². The van der Waals surface area contributed by atoms with Gasteiger partial charge in [0.15, 0.2) is 8.32 Å². The number of hydrogen-bond acceptors (Lipinski definition) is 2. The lowest BCUT2D eigenvalue weighted by Crippen LogP contribution is -2.33. The van der Waals surface area contributed by atoms with Gasteiger partial charge in [-0.05, 0) is 19.5 Å². The first kappa shape index (κ1) is 9.53. The largest absolute Gasteiger partial charge is 0.417 e. The Hall–Kier alpha value is 0.527. The molecule has 0 aromatic rings. The van der Waals surface area contributed by atoms with Gasteiger partial charge in [0.05, 0.1) is 0 Å². The maximum absolute atomic E-state index is 5.59. The molecule has 0 unspecified atom stereocenters. The van der Waals surface area contributed by atoms with E-state index >= 15 is 0 Å². The van der Waals surface area contributed by atoms with Crippen LogP contribution in [0.5, 0.6) is 0 Å². The molecule has 0 fully saturated rings. The van der Waals surface area contributed by atoms with Crippen LogP contribution in [-0.4, -0.2) is 20.3 Å². The SMILES string of the molecule is CCCO[Si](C)(C)CS. The van der Waals surface area contributed by atoms with Crippen molar-refractivity contribution in [3.8, 4) is 0 Å². The zero-order chi connectivity index (χ0) is 7.33. The van der Waals surface area contributed by atoms with E-state index in [2.05, 4.69) is 32.6 Å². The van der Waals surface area contributed by atoms with Gasteiger partial charge in [0.2, 0.25) is 0 Å². The Morgan fingerprint density at radius 1 is 1.44 bits per heavy atom. The van der Waals surface area contributed by atoms with E-state index in [-0.39, 0.29) is 0 Å². The molecule has 0 aliphatic rings. The van der Waals surface area contributed by atoms with Crippen molar-refractivity contribution in [3.63, 3.8) is 0 Å². The molecule has 0 saturated carbocycles. The fourth-order valence-corrected chi connectivity index (χ4v) is 1.55. The van der Waals surface area contributed by atoms with Crippen LogP contribution in [0.1, 0.15) is 13.3 Å². The van der Waals surface area contributed by atoms with E-state index in [1.165, 1.54) is 0 Å². The molecule has 0 aliphatic heterocycles. The minimum Gasteiger partial charge on any atom is -0.417 e. The van der Waals surface area contributed by atoms with E-state index in [1.54, 1.807) is 0 Å². The zero-order valence-electron chi connectivity index (χ0n) is 6.48. The minimum absolute atomic E-state index is 0.903. The van der Waals surface area contributed by atoms with E-state index < -0.39 is 8.32 Å². The van der Waals surface area contributed by atoms with Crippen LogP contribution in [0.4, 0.5) is 0 Å². The highest BCUT2D eigenvalue weighted by atomic mass is 32.1. The molecular formula is C6H16OSSi. The van der Waals surface area contributed by atoms with Gasteiger partial charge >= 0.3 is 0 Å². The first-order chi connectivity index (χ1) is 4.12. The van der Waals surface area contributed by atoms with Crippen molar-refractivity contribution in [2.75, 3.05) is 12.0 Å². The molecule has 56 valence electrons. The van der Waals surface area contributed by atoms with Crippen LogP contribution >= 0.6 is 12.6 Å². The van der Waals surface area contributed by atoms with Gasteiger partial charge in [0.1, 0.15) is 0 Å². The zero-order valence-corrected chi connectivity index (χ0v) is 8.37. The Bertz CT molecular complexity index is 75.5. The first-order valence-electron chi connectivity index (χ1n) is 3.37. The maximum atomic E-state index is 5.59. The molecule has 0 aliphatic carbocycles. The first-order valence-corrected chi connectivity index (χ1v) is 7.12. The van der Waals surface area contributed by atoms with E-state index in [1.807, 2.05) is 0 Å². The van der Waals surface area contributed by atoms with Crippen LogP contribution < -0.4 is 0 Å². The second-order valence-electron chi connectivity index (χ2n) is 2.77. The van der Waals surface area contributed by atoms with Crippen molar-refractivity contribution in [1.82, 2.24) is 0 Å². The van der Waals surface area contributed by atoms with Crippen LogP contribution in [0.25, 0.3) is 0 Å². The summed E-state index contributed by atoms with van der Waals surface area (Å²) in [5.41, 5.74) is 0. The van der Waals surface area contributed by atoms with Crippen molar-refractivity contribution in [2.24, 2.45) is 0 Å². The van der Waals surface area contributed by atoms with E-state index in [0.717, 1.165) is 18.4 Å². The molecule has 1 nitrogen and oxygen atoms in total. The third-order valence-electron chi connectivity index (χ3n) is 1.08. The summed E-state index contributed by atoms with van der Waals surface area (Å²) in [6.07, 6.45) is 1.12. The Balaban J connectivity index is 3.33. The Morgan fingerprint density at radius 3 is 2.33 bits per heavy atom. The van der Waals surface area contributed by atoms with E-state index in [9.17, 15) is 0 Å². The Kier molecular flexibility index (Phi) is 4.61. The third kappa shape index (κ3) is 5.00. The monoisotopic (exact) mass is 164 g/mol. The maximum Gasteiger partial charge on any atom is 0.196 e. The van der Waals surface area contributed by atoms with Gasteiger partial charge in [0.25, 0.3) is 0 Å². The molecule has 0 rings (SSSR count). The van der Waals surface area contributed by atoms with Crippen LogP contribution in [0.2, 0.25) is 13.1 Å². The Morgan fingerprint density at radius 2 is 2.00 bits per heavy atom. The molecule has 3 heteroatoms. The quantitative estimate of drug-likeness (QED) is 0.494. The van der Waals surface area contributed by atoms with Gasteiger partial charge in [-0.25, -0.2) is 0 Å². The molecule has 0 amide bonds. The molecular weight excluding hydrogens is 148 g/mol. The highest BCUT2D eigenvalue weighted by molar-refractivity contribution is 7.82. The summed E-state index contributed by atoms with van der Waals surface area (Å²) in [5, 5.41) is 0.924. The summed E-state index contributed by atoms with van der Waals surface area (Å²) in [6.45, 7) is 7.41. The van der Waals surface area contributed by atoms with Crippen molar-refractivity contribution in [3.05, 3.63) is 0 Å².